The molecule has 2 heterocycles. The summed E-state index contributed by atoms with van der Waals surface area (Å²) in [7, 11) is 9.75. The molecule has 0 unspecified atom stereocenters. The van der Waals surface area contributed by atoms with Crippen LogP contribution >= 0.6 is 42.4 Å². The molecule has 2 aliphatic heterocycles. The van der Waals surface area contributed by atoms with Gasteiger partial charge in [-0.05, 0) is 0 Å². The Kier molecular flexibility index (Phi) is 14.3. The fourth-order valence-electron chi connectivity index (χ4n) is 0.713. The molecule has 0 aromatic heterocycles. The summed E-state index contributed by atoms with van der Waals surface area (Å²) in [6.45, 7) is 2.17. The maximum Gasteiger partial charge on any atom is 0.302 e. The average molecular weight is 506 g/mol. The van der Waals surface area contributed by atoms with Gasteiger partial charge in [0.15, 0.2) is 24.4 Å². The van der Waals surface area contributed by atoms with Gasteiger partial charge in [0.2, 0.25) is 0 Å². The molecule has 2 fully saturated rings. The summed E-state index contributed by atoms with van der Waals surface area (Å²) in [4.78, 5) is 0. The number of hydrogen-bond acceptors (Lipinski definition) is 2. The van der Waals surface area contributed by atoms with Gasteiger partial charge in [0.25, 0.3) is 0 Å². The predicted molar refractivity (Wildman–Crippen MR) is 80.2 cm³/mol. The summed E-state index contributed by atoms with van der Waals surface area (Å²) in [5, 5.41) is 6.13. The van der Waals surface area contributed by atoms with Crippen molar-refractivity contribution >= 4 is 75.4 Å². The Morgan fingerprint density at radius 2 is 1.33 bits per heavy atom. The van der Waals surface area contributed by atoms with E-state index in [0.29, 0.717) is 0 Å². The van der Waals surface area contributed by atoms with Gasteiger partial charge in [-0.3, -0.25) is 0 Å². The molecule has 0 radical (unpaired) electrons. The summed E-state index contributed by atoms with van der Waals surface area (Å²) in [6.07, 6.45) is 0. The number of thioether (sulfide) groups is 2. The van der Waals surface area contributed by atoms with E-state index in [2.05, 4.69) is 35.1 Å². The molecule has 15 heavy (non-hydrogen) atoms. The van der Waals surface area contributed by atoms with Crippen LogP contribution in [0.4, 0.5) is 0 Å². The van der Waals surface area contributed by atoms with Crippen molar-refractivity contribution in [2.75, 3.05) is 24.6 Å². The van der Waals surface area contributed by atoms with E-state index in [1.807, 2.05) is 0 Å². The summed E-state index contributed by atoms with van der Waals surface area (Å²) in [6, 6.07) is 0. The van der Waals surface area contributed by atoms with Crippen molar-refractivity contribution in [1.29, 1.82) is 0 Å². The number of halogens is 2. The molecule has 2 N–H and O–H groups in total. The van der Waals surface area contributed by atoms with Crippen LogP contribution in [0, 0.1) is 0 Å². The van der Waals surface area contributed by atoms with Crippen LogP contribution in [0.2, 0.25) is 0 Å². The Hall–Kier alpha value is 2.07. The monoisotopic (exact) mass is 505 g/mol. The van der Waals surface area contributed by atoms with Gasteiger partial charge in [0.1, 0.15) is 0 Å². The van der Waals surface area contributed by atoms with E-state index in [1.165, 1.54) is 11.5 Å². The van der Waals surface area contributed by atoms with E-state index in [0.717, 1.165) is 21.7 Å². The smallest absolute Gasteiger partial charge is 0.233 e. The van der Waals surface area contributed by atoms with Gasteiger partial charge in [-0.15, -0.1) is 0 Å². The second kappa shape index (κ2) is 12.5. The van der Waals surface area contributed by atoms with Gasteiger partial charge < -0.3 is 0 Å². The number of hydrogen-bond donors (Lipinski definition) is 2. The van der Waals surface area contributed by atoms with E-state index in [1.54, 1.807) is 23.5 Å². The molecular weight excluding hydrogens is 494 g/mol. The molecule has 92 valence electrons. The zero-order valence-corrected chi connectivity index (χ0v) is 14.8. The molecule has 0 aromatic rings. The first-order chi connectivity index (χ1) is 7.20. The Morgan fingerprint density at radius 1 is 1.00 bits per heavy atom. The molecule has 2 saturated heterocycles. The van der Waals surface area contributed by atoms with E-state index in [9.17, 15) is 0 Å². The topological polar surface area (TPSA) is 24.1 Å². The standard InChI is InChI=1S/2C3H5NS2.2ClH.Pt/c2*5-3-4-1-2-6-3;;;/h2*1-2H2,(H,4,5);2*1H;/q;;;;+2. The van der Waals surface area contributed by atoms with Gasteiger partial charge in [-0.2, -0.15) is 0 Å². The van der Waals surface area contributed by atoms with Crippen LogP contribution in [0.5, 0.6) is 0 Å². The van der Waals surface area contributed by atoms with E-state index >= 15 is 0 Å². The quantitative estimate of drug-likeness (QED) is 0.288. The molecule has 9 heteroatoms. The minimum atomic E-state index is -0.472. The summed E-state index contributed by atoms with van der Waals surface area (Å²) in [5.74, 6) is 2.36. The van der Waals surface area contributed by atoms with Crippen LogP contribution in [0.1, 0.15) is 0 Å². The first kappa shape index (κ1) is 17.1. The van der Waals surface area contributed by atoms with Crippen LogP contribution in [-0.2, 0) is 40.9 Å². The van der Waals surface area contributed by atoms with Crippen molar-refractivity contribution in [2.45, 2.75) is 0 Å². The van der Waals surface area contributed by atoms with Gasteiger partial charge in [0, 0.05) is 24.6 Å². The van der Waals surface area contributed by atoms with Crippen molar-refractivity contribution in [3.05, 3.63) is 0 Å². The molecule has 0 bridgehead atoms. The molecular formula is C6H12Cl2N2PtS4+2. The second-order valence-electron chi connectivity index (χ2n) is 2.21. The van der Waals surface area contributed by atoms with Crippen LogP contribution in [0.15, 0.2) is 0 Å². The third-order valence-electron chi connectivity index (χ3n) is 1.23. The molecule has 0 spiro atoms. The van der Waals surface area contributed by atoms with Crippen LogP contribution in [0.3, 0.4) is 0 Å². The molecule has 0 amide bonds. The normalized spacial score (nSPS) is 19.3. The van der Waals surface area contributed by atoms with Gasteiger partial charge in [-0.25, -0.2) is 10.6 Å². The number of thiol groups is 2. The van der Waals surface area contributed by atoms with Crippen molar-refractivity contribution in [1.82, 2.24) is 10.6 Å². The SMILES string of the molecule is [Cl][Pt][Cl].[SH+]=C1NCCS1.[SH+]=C1NCCS1. The van der Waals surface area contributed by atoms with Crippen molar-refractivity contribution in [3.8, 4) is 0 Å². The summed E-state index contributed by atoms with van der Waals surface area (Å²) >= 11 is 11.2. The largest absolute Gasteiger partial charge is 0.302 e. The third kappa shape index (κ3) is 12.3. The molecule has 0 atom stereocenters. The van der Waals surface area contributed by atoms with E-state index < -0.39 is 16.5 Å². The predicted octanol–water partition coefficient (Wildman–Crippen LogP) is 0.755. The first-order valence-corrected chi connectivity index (χ1v) is 12.4. The van der Waals surface area contributed by atoms with Gasteiger partial charge in [0.05, 0.1) is 0 Å². The molecule has 0 aromatic carbocycles. The Morgan fingerprint density at radius 3 is 1.40 bits per heavy atom. The molecule has 2 aliphatic rings. The maximum absolute atomic E-state index is 4.88. The zero-order valence-electron chi connectivity index (χ0n) is 7.61. The molecule has 0 saturated carbocycles. The minimum Gasteiger partial charge on any atom is -0.233 e. The summed E-state index contributed by atoms with van der Waals surface area (Å²) < 4.78 is 2.13. The second-order valence-corrected chi connectivity index (χ2v) is 9.20. The van der Waals surface area contributed by atoms with Crippen molar-refractivity contribution in [3.63, 3.8) is 0 Å². The van der Waals surface area contributed by atoms with Crippen molar-refractivity contribution in [2.24, 2.45) is 0 Å². The van der Waals surface area contributed by atoms with E-state index in [4.69, 9.17) is 18.8 Å². The number of nitrogens with one attached hydrogen (secondary N) is 2. The molecule has 2 rings (SSSR count). The minimum absolute atomic E-state index is 0.472. The van der Waals surface area contributed by atoms with Gasteiger partial charge in [-0.1, -0.05) is 23.5 Å². The van der Waals surface area contributed by atoms with Crippen LogP contribution in [0.25, 0.3) is 0 Å². The summed E-state index contributed by atoms with van der Waals surface area (Å²) in [5.41, 5.74) is 0. The van der Waals surface area contributed by atoms with Crippen LogP contribution < -0.4 is 10.6 Å². The maximum atomic E-state index is 4.88. The first-order valence-electron chi connectivity index (χ1n) is 3.88. The number of rotatable bonds is 0. The van der Waals surface area contributed by atoms with Gasteiger partial charge >= 0.3 is 44.0 Å². The Labute approximate surface area is 126 Å². The Balaban J connectivity index is 0.000000210. The molecule has 2 nitrogen and oxygen atoms in total. The third-order valence-corrected chi connectivity index (χ3v) is 3.98. The average Bonchev–Trinajstić information content (AvgIpc) is 2.81. The van der Waals surface area contributed by atoms with Crippen LogP contribution in [-0.4, -0.2) is 33.2 Å². The molecule has 0 aliphatic carbocycles. The fourth-order valence-corrected chi connectivity index (χ4v) is 2.69. The fraction of sp³-hybridized carbons (Fsp3) is 0.667. The zero-order chi connectivity index (χ0) is 11.5. The van der Waals surface area contributed by atoms with Crippen molar-refractivity contribution < 1.29 is 16.5 Å². The van der Waals surface area contributed by atoms with E-state index in [-0.39, 0.29) is 0 Å². The Bertz CT molecular complexity index is 172.